The lowest BCUT2D eigenvalue weighted by atomic mass is 10.2. The van der Waals surface area contributed by atoms with Crippen LogP contribution in [0.5, 0.6) is 0 Å². The molecule has 6 nitrogen and oxygen atoms in total. The molecule has 6 heteroatoms. The SMILES string of the molecule is CC(O)CCNC(=O)CCc1nc(C(C)C)no1. The van der Waals surface area contributed by atoms with Gasteiger partial charge in [-0.15, -0.1) is 0 Å². The first-order valence-electron chi connectivity index (χ1n) is 6.26. The van der Waals surface area contributed by atoms with Crippen molar-refractivity contribution in [2.75, 3.05) is 6.54 Å². The maximum absolute atomic E-state index is 11.5. The number of carbonyl (C=O) groups is 1. The minimum Gasteiger partial charge on any atom is -0.393 e. The maximum atomic E-state index is 11.5. The highest BCUT2D eigenvalue weighted by molar-refractivity contribution is 5.75. The van der Waals surface area contributed by atoms with Crippen LogP contribution in [0.1, 0.15) is 51.2 Å². The molecule has 1 amide bonds. The molecule has 1 aromatic heterocycles. The van der Waals surface area contributed by atoms with Crippen molar-refractivity contribution >= 4 is 5.91 Å². The van der Waals surface area contributed by atoms with Crippen molar-refractivity contribution in [2.24, 2.45) is 0 Å². The predicted octanol–water partition coefficient (Wildman–Crippen LogP) is 1.01. The zero-order valence-electron chi connectivity index (χ0n) is 11.1. The number of aryl methyl sites for hydroxylation is 1. The van der Waals surface area contributed by atoms with Gasteiger partial charge in [0.25, 0.3) is 0 Å². The molecule has 0 aliphatic rings. The van der Waals surface area contributed by atoms with Gasteiger partial charge in [0, 0.05) is 25.3 Å². The minimum absolute atomic E-state index is 0.0695. The van der Waals surface area contributed by atoms with E-state index in [0.29, 0.717) is 37.5 Å². The fourth-order valence-electron chi connectivity index (χ4n) is 1.33. The van der Waals surface area contributed by atoms with Crippen molar-refractivity contribution in [3.8, 4) is 0 Å². The van der Waals surface area contributed by atoms with Gasteiger partial charge in [0.15, 0.2) is 5.82 Å². The molecule has 0 aromatic carbocycles. The van der Waals surface area contributed by atoms with Gasteiger partial charge in [0.1, 0.15) is 0 Å². The normalized spacial score (nSPS) is 12.7. The van der Waals surface area contributed by atoms with Crippen LogP contribution in [-0.4, -0.2) is 33.8 Å². The highest BCUT2D eigenvalue weighted by Gasteiger charge is 2.11. The smallest absolute Gasteiger partial charge is 0.227 e. The molecule has 1 rings (SSSR count). The highest BCUT2D eigenvalue weighted by Crippen LogP contribution is 2.10. The van der Waals surface area contributed by atoms with Gasteiger partial charge in [-0.1, -0.05) is 19.0 Å². The first-order chi connectivity index (χ1) is 8.49. The van der Waals surface area contributed by atoms with Crippen LogP contribution in [0.2, 0.25) is 0 Å². The van der Waals surface area contributed by atoms with E-state index < -0.39 is 6.10 Å². The Hall–Kier alpha value is -1.43. The maximum Gasteiger partial charge on any atom is 0.227 e. The van der Waals surface area contributed by atoms with E-state index in [1.54, 1.807) is 6.92 Å². The Morgan fingerprint density at radius 3 is 2.72 bits per heavy atom. The molecule has 1 unspecified atom stereocenters. The number of nitrogens with zero attached hydrogens (tertiary/aromatic N) is 2. The Kier molecular flexibility index (Phi) is 5.77. The van der Waals surface area contributed by atoms with Gasteiger partial charge in [-0.05, 0) is 13.3 Å². The number of nitrogens with one attached hydrogen (secondary N) is 1. The molecule has 1 heterocycles. The van der Waals surface area contributed by atoms with Gasteiger partial charge in [-0.2, -0.15) is 4.98 Å². The van der Waals surface area contributed by atoms with Gasteiger partial charge in [-0.25, -0.2) is 0 Å². The van der Waals surface area contributed by atoms with Crippen molar-refractivity contribution in [2.45, 2.75) is 52.1 Å². The molecule has 0 fully saturated rings. The van der Waals surface area contributed by atoms with Crippen molar-refractivity contribution in [1.29, 1.82) is 0 Å². The fourth-order valence-corrected chi connectivity index (χ4v) is 1.33. The molecule has 1 aromatic rings. The Balaban J connectivity index is 2.25. The second kappa shape index (κ2) is 7.10. The van der Waals surface area contributed by atoms with Gasteiger partial charge in [0.05, 0.1) is 6.10 Å². The van der Waals surface area contributed by atoms with E-state index in [1.165, 1.54) is 0 Å². The van der Waals surface area contributed by atoms with E-state index in [-0.39, 0.29) is 11.8 Å². The van der Waals surface area contributed by atoms with E-state index in [4.69, 9.17) is 9.63 Å². The molecule has 2 N–H and O–H groups in total. The van der Waals surface area contributed by atoms with E-state index in [9.17, 15) is 4.79 Å². The molecular formula is C12H21N3O3. The van der Waals surface area contributed by atoms with Crippen LogP contribution >= 0.6 is 0 Å². The van der Waals surface area contributed by atoms with Gasteiger partial charge in [-0.3, -0.25) is 4.79 Å². The topological polar surface area (TPSA) is 88.2 Å². The number of rotatable bonds is 7. The molecule has 102 valence electrons. The largest absolute Gasteiger partial charge is 0.393 e. The van der Waals surface area contributed by atoms with Crippen LogP contribution < -0.4 is 5.32 Å². The van der Waals surface area contributed by atoms with E-state index in [0.717, 1.165) is 0 Å². The summed E-state index contributed by atoms with van der Waals surface area (Å²) in [7, 11) is 0. The number of hydrogen-bond acceptors (Lipinski definition) is 5. The third-order valence-electron chi connectivity index (χ3n) is 2.45. The molecule has 0 saturated heterocycles. The summed E-state index contributed by atoms with van der Waals surface area (Å²) in [6.07, 6.45) is 0.929. The van der Waals surface area contributed by atoms with Crippen molar-refractivity contribution in [1.82, 2.24) is 15.5 Å². The first-order valence-corrected chi connectivity index (χ1v) is 6.26. The number of aliphatic hydroxyl groups excluding tert-OH is 1. The Morgan fingerprint density at radius 1 is 1.44 bits per heavy atom. The van der Waals surface area contributed by atoms with Crippen molar-refractivity contribution < 1.29 is 14.4 Å². The average Bonchev–Trinajstić information content (AvgIpc) is 2.74. The van der Waals surface area contributed by atoms with Crippen LogP contribution in [0.3, 0.4) is 0 Å². The Labute approximate surface area is 107 Å². The molecular weight excluding hydrogens is 234 g/mol. The van der Waals surface area contributed by atoms with Gasteiger partial charge >= 0.3 is 0 Å². The number of carbonyl (C=O) groups excluding carboxylic acids is 1. The minimum atomic E-state index is -0.394. The van der Waals surface area contributed by atoms with E-state index in [2.05, 4.69) is 15.5 Å². The predicted molar refractivity (Wildman–Crippen MR) is 66.0 cm³/mol. The lowest BCUT2D eigenvalue weighted by molar-refractivity contribution is -0.121. The monoisotopic (exact) mass is 255 g/mol. The summed E-state index contributed by atoms with van der Waals surface area (Å²) in [6.45, 7) is 6.14. The van der Waals surface area contributed by atoms with Crippen molar-refractivity contribution in [3.05, 3.63) is 11.7 Å². The second-order valence-corrected chi connectivity index (χ2v) is 4.69. The summed E-state index contributed by atoms with van der Waals surface area (Å²) >= 11 is 0. The van der Waals surface area contributed by atoms with Crippen LogP contribution in [-0.2, 0) is 11.2 Å². The zero-order valence-corrected chi connectivity index (χ0v) is 11.1. The summed E-state index contributed by atoms with van der Waals surface area (Å²) in [5.41, 5.74) is 0. The lowest BCUT2D eigenvalue weighted by Crippen LogP contribution is -2.26. The summed E-state index contributed by atoms with van der Waals surface area (Å²) in [5, 5.41) is 15.6. The Bertz CT molecular complexity index is 374. The zero-order chi connectivity index (χ0) is 13.5. The standard InChI is InChI=1S/C12H21N3O3/c1-8(2)12-14-11(18-15-12)5-4-10(17)13-7-6-9(3)16/h8-9,16H,4-7H2,1-3H3,(H,13,17). The number of aliphatic hydroxyl groups is 1. The number of aromatic nitrogens is 2. The molecule has 18 heavy (non-hydrogen) atoms. The summed E-state index contributed by atoms with van der Waals surface area (Å²) < 4.78 is 5.04. The molecule has 0 aliphatic carbocycles. The fraction of sp³-hybridized carbons (Fsp3) is 0.750. The average molecular weight is 255 g/mol. The molecule has 0 aliphatic heterocycles. The van der Waals surface area contributed by atoms with Crippen LogP contribution in [0.25, 0.3) is 0 Å². The summed E-state index contributed by atoms with van der Waals surface area (Å²) in [4.78, 5) is 15.6. The van der Waals surface area contributed by atoms with E-state index >= 15 is 0 Å². The Morgan fingerprint density at radius 2 is 2.17 bits per heavy atom. The van der Waals surface area contributed by atoms with Gasteiger partial charge < -0.3 is 14.9 Å². The number of hydrogen-bond donors (Lipinski definition) is 2. The van der Waals surface area contributed by atoms with Crippen LogP contribution in [0, 0.1) is 0 Å². The van der Waals surface area contributed by atoms with Crippen LogP contribution in [0.15, 0.2) is 4.52 Å². The first kappa shape index (κ1) is 14.6. The third kappa shape index (κ3) is 5.27. The van der Waals surface area contributed by atoms with Crippen LogP contribution in [0.4, 0.5) is 0 Å². The summed E-state index contributed by atoms with van der Waals surface area (Å²) in [6, 6.07) is 0. The molecule has 0 radical (unpaired) electrons. The van der Waals surface area contributed by atoms with Gasteiger partial charge in [0.2, 0.25) is 11.8 Å². The summed E-state index contributed by atoms with van der Waals surface area (Å²) in [5.74, 6) is 1.31. The van der Waals surface area contributed by atoms with E-state index in [1.807, 2.05) is 13.8 Å². The molecule has 0 saturated carbocycles. The third-order valence-corrected chi connectivity index (χ3v) is 2.45. The molecule has 0 spiro atoms. The number of amides is 1. The lowest BCUT2D eigenvalue weighted by Gasteiger charge is -2.05. The quantitative estimate of drug-likeness (QED) is 0.759. The highest BCUT2D eigenvalue weighted by atomic mass is 16.5. The molecule has 1 atom stereocenters. The molecule has 0 bridgehead atoms. The van der Waals surface area contributed by atoms with Crippen molar-refractivity contribution in [3.63, 3.8) is 0 Å². The second-order valence-electron chi connectivity index (χ2n) is 4.69.